The summed E-state index contributed by atoms with van der Waals surface area (Å²) in [5, 5.41) is 15.7. The molecule has 0 aliphatic heterocycles. The molecule has 11 aromatic carbocycles. The van der Waals surface area contributed by atoms with Gasteiger partial charge in [0.05, 0.1) is 0 Å². The van der Waals surface area contributed by atoms with E-state index >= 15 is 0 Å². The topological polar surface area (TPSA) is 0 Å². The average Bonchev–Trinajstić information content (AvgIpc) is 3.94. The first kappa shape index (κ1) is 35.5. The van der Waals surface area contributed by atoms with E-state index in [9.17, 15) is 0 Å². The van der Waals surface area contributed by atoms with Crippen molar-refractivity contribution in [1.82, 2.24) is 0 Å². The first-order valence-corrected chi connectivity index (χ1v) is 23.5. The Balaban J connectivity index is 0.884. The summed E-state index contributed by atoms with van der Waals surface area (Å²) in [6, 6.07) is 73.5. The van der Waals surface area contributed by atoms with E-state index in [4.69, 9.17) is 0 Å². The smallest absolute Gasteiger partial charge is 0.0362 e. The lowest BCUT2D eigenvalue weighted by atomic mass is 9.80. The fourth-order valence-electron chi connectivity index (χ4n) is 11.2. The maximum absolute atomic E-state index is 2.50. The SMILES string of the molecule is CC1(C)c2ccc(-c3ccc4c(c3)sc3cc5c(cc34)sc3cc4ccccc4cc35)cc2-c2ccc(-c3c4ccccc4c(-c4cccc5ccccc45)c4ccccc34)cc21. The molecule has 0 amide bonds. The fourth-order valence-corrected chi connectivity index (χ4v) is 13.5. The third-order valence-electron chi connectivity index (χ3n) is 14.2. The number of hydrogen-bond acceptors (Lipinski definition) is 2. The standard InChI is InChI=1S/C61H38S2/c1-61(2)53-27-24-38(39-22-26-43-51-33-58-52(34-57(51)62-55(43)32-39)50-29-36-13-3-4-14-37(36)31-56(50)63-58)28-49(53)42-25-23-40(30-54(42)61)59-45-17-7-9-19-47(45)60(48-20-10-8-18-46(48)59)44-21-11-15-35-12-5-6-16-41(35)44/h3-34H,1-2H3. The summed E-state index contributed by atoms with van der Waals surface area (Å²) in [5.74, 6) is 0. The van der Waals surface area contributed by atoms with E-state index in [-0.39, 0.29) is 5.41 Å². The molecule has 0 bridgehead atoms. The molecule has 0 saturated carbocycles. The molecule has 1 aliphatic rings. The van der Waals surface area contributed by atoms with Gasteiger partial charge in [-0.1, -0.05) is 166 Å². The third-order valence-corrected chi connectivity index (χ3v) is 16.5. The van der Waals surface area contributed by atoms with Gasteiger partial charge in [0.25, 0.3) is 0 Å². The number of fused-ring (bicyclic) bond motifs is 13. The average molecular weight is 835 g/mol. The minimum absolute atomic E-state index is 0.146. The summed E-state index contributed by atoms with van der Waals surface area (Å²) in [7, 11) is 0. The summed E-state index contributed by atoms with van der Waals surface area (Å²) >= 11 is 3.83. The van der Waals surface area contributed by atoms with Crippen LogP contribution in [0.15, 0.2) is 194 Å². The minimum atomic E-state index is -0.146. The fraction of sp³-hybridized carbons (Fsp3) is 0.0492. The van der Waals surface area contributed by atoms with E-state index in [0.29, 0.717) is 0 Å². The van der Waals surface area contributed by atoms with Crippen LogP contribution in [0.25, 0.3) is 128 Å². The second kappa shape index (κ2) is 13.0. The van der Waals surface area contributed by atoms with Gasteiger partial charge in [0.1, 0.15) is 0 Å². The molecule has 0 radical (unpaired) electrons. The summed E-state index contributed by atoms with van der Waals surface area (Å²) < 4.78 is 5.41. The number of benzene rings is 11. The molecular weight excluding hydrogens is 797 g/mol. The van der Waals surface area contributed by atoms with Crippen LogP contribution < -0.4 is 0 Å². The van der Waals surface area contributed by atoms with Gasteiger partial charge in [0.15, 0.2) is 0 Å². The van der Waals surface area contributed by atoms with Crippen molar-refractivity contribution < 1.29 is 0 Å². The zero-order valence-electron chi connectivity index (χ0n) is 34.8. The zero-order chi connectivity index (χ0) is 41.6. The largest absolute Gasteiger partial charge is 0.135 e. The highest BCUT2D eigenvalue weighted by molar-refractivity contribution is 7.27. The molecule has 294 valence electrons. The van der Waals surface area contributed by atoms with Crippen LogP contribution in [0.1, 0.15) is 25.0 Å². The van der Waals surface area contributed by atoms with E-state index in [1.165, 1.54) is 139 Å². The van der Waals surface area contributed by atoms with Crippen molar-refractivity contribution in [2.45, 2.75) is 19.3 Å². The first-order chi connectivity index (χ1) is 31.0. The second-order valence-electron chi connectivity index (χ2n) is 18.0. The molecule has 0 nitrogen and oxygen atoms in total. The van der Waals surface area contributed by atoms with Crippen LogP contribution in [0.2, 0.25) is 0 Å². The van der Waals surface area contributed by atoms with Gasteiger partial charge in [-0.3, -0.25) is 0 Å². The maximum atomic E-state index is 2.50. The number of hydrogen-bond donors (Lipinski definition) is 0. The number of thiophene rings is 2. The predicted molar refractivity (Wildman–Crippen MR) is 276 cm³/mol. The van der Waals surface area contributed by atoms with E-state index in [1.807, 2.05) is 22.7 Å². The Labute approximate surface area is 372 Å². The van der Waals surface area contributed by atoms with Crippen LogP contribution in [-0.2, 0) is 5.41 Å². The highest BCUT2D eigenvalue weighted by Crippen LogP contribution is 2.53. The molecule has 14 rings (SSSR count). The van der Waals surface area contributed by atoms with Crippen molar-refractivity contribution in [2.24, 2.45) is 0 Å². The van der Waals surface area contributed by atoms with Crippen LogP contribution in [0.4, 0.5) is 0 Å². The van der Waals surface area contributed by atoms with E-state index in [1.54, 1.807) is 0 Å². The van der Waals surface area contributed by atoms with Crippen molar-refractivity contribution >= 4 is 106 Å². The predicted octanol–water partition coefficient (Wildman–Crippen LogP) is 18.3. The second-order valence-corrected chi connectivity index (χ2v) is 20.1. The van der Waals surface area contributed by atoms with Crippen LogP contribution in [0, 0.1) is 0 Å². The molecule has 0 N–H and O–H groups in total. The Kier molecular flexibility index (Phi) is 7.31. The minimum Gasteiger partial charge on any atom is -0.135 e. The van der Waals surface area contributed by atoms with Gasteiger partial charge >= 0.3 is 0 Å². The molecule has 0 spiro atoms. The quantitative estimate of drug-likeness (QED) is 0.156. The highest BCUT2D eigenvalue weighted by atomic mass is 32.1. The van der Waals surface area contributed by atoms with Crippen LogP contribution in [0.5, 0.6) is 0 Å². The zero-order valence-corrected chi connectivity index (χ0v) is 36.4. The lowest BCUT2D eigenvalue weighted by molar-refractivity contribution is 0.660. The van der Waals surface area contributed by atoms with Gasteiger partial charge in [-0.05, 0) is 141 Å². The summed E-state index contributed by atoms with van der Waals surface area (Å²) in [6.07, 6.45) is 0. The van der Waals surface area contributed by atoms with Gasteiger partial charge in [0, 0.05) is 45.8 Å². The Morgan fingerprint density at radius 3 is 1.54 bits per heavy atom. The molecule has 2 aromatic heterocycles. The Morgan fingerprint density at radius 2 is 0.810 bits per heavy atom. The Morgan fingerprint density at radius 1 is 0.286 bits per heavy atom. The van der Waals surface area contributed by atoms with E-state index in [0.717, 1.165) is 0 Å². The molecule has 63 heavy (non-hydrogen) atoms. The van der Waals surface area contributed by atoms with Crippen molar-refractivity contribution in [3.63, 3.8) is 0 Å². The molecular formula is C61H38S2. The van der Waals surface area contributed by atoms with Gasteiger partial charge in [-0.15, -0.1) is 22.7 Å². The monoisotopic (exact) mass is 834 g/mol. The molecule has 2 heteroatoms. The lowest BCUT2D eigenvalue weighted by Gasteiger charge is -2.23. The summed E-state index contributed by atoms with van der Waals surface area (Å²) in [5.41, 5.74) is 13.0. The first-order valence-electron chi connectivity index (χ1n) is 21.9. The Hall–Kier alpha value is -7.10. The normalized spacial score (nSPS) is 13.4. The summed E-state index contributed by atoms with van der Waals surface area (Å²) in [4.78, 5) is 0. The van der Waals surface area contributed by atoms with Crippen molar-refractivity contribution in [3.05, 3.63) is 205 Å². The van der Waals surface area contributed by atoms with Crippen molar-refractivity contribution in [1.29, 1.82) is 0 Å². The van der Waals surface area contributed by atoms with Crippen LogP contribution >= 0.6 is 22.7 Å². The van der Waals surface area contributed by atoms with E-state index in [2.05, 4.69) is 208 Å². The van der Waals surface area contributed by atoms with Gasteiger partial charge in [-0.2, -0.15) is 0 Å². The van der Waals surface area contributed by atoms with Gasteiger partial charge in [-0.25, -0.2) is 0 Å². The third kappa shape index (κ3) is 5.08. The molecule has 2 heterocycles. The van der Waals surface area contributed by atoms with Gasteiger partial charge < -0.3 is 0 Å². The lowest BCUT2D eigenvalue weighted by Crippen LogP contribution is -2.15. The molecule has 0 unspecified atom stereocenters. The number of rotatable bonds is 3. The van der Waals surface area contributed by atoms with Crippen LogP contribution in [0.3, 0.4) is 0 Å². The maximum Gasteiger partial charge on any atom is 0.0362 e. The molecule has 0 saturated heterocycles. The summed E-state index contributed by atoms with van der Waals surface area (Å²) in [6.45, 7) is 4.81. The molecule has 13 aromatic rings. The van der Waals surface area contributed by atoms with Crippen molar-refractivity contribution in [3.8, 4) is 44.5 Å². The molecule has 1 aliphatic carbocycles. The van der Waals surface area contributed by atoms with E-state index < -0.39 is 0 Å². The molecule has 0 atom stereocenters. The van der Waals surface area contributed by atoms with Crippen molar-refractivity contribution in [2.75, 3.05) is 0 Å². The molecule has 0 fully saturated rings. The highest BCUT2D eigenvalue weighted by Gasteiger charge is 2.36. The van der Waals surface area contributed by atoms with Crippen LogP contribution in [-0.4, -0.2) is 0 Å². The Bertz CT molecular complexity index is 4060. The van der Waals surface area contributed by atoms with Gasteiger partial charge in [0.2, 0.25) is 0 Å².